The summed E-state index contributed by atoms with van der Waals surface area (Å²) in [6.45, 7) is 4.13. The van der Waals surface area contributed by atoms with E-state index in [-0.39, 0.29) is 5.78 Å². The summed E-state index contributed by atoms with van der Waals surface area (Å²) in [5.41, 5.74) is 1.75. The summed E-state index contributed by atoms with van der Waals surface area (Å²) in [6.07, 6.45) is 1.55. The molecule has 0 bridgehead atoms. The van der Waals surface area contributed by atoms with Crippen LogP contribution in [0.2, 0.25) is 5.02 Å². The van der Waals surface area contributed by atoms with Crippen molar-refractivity contribution in [3.05, 3.63) is 45.6 Å². The largest absolute Gasteiger partial charge is 0.495 e. The predicted molar refractivity (Wildman–Crippen MR) is 99.9 cm³/mol. The van der Waals surface area contributed by atoms with Crippen LogP contribution in [0.3, 0.4) is 0 Å². The van der Waals surface area contributed by atoms with E-state index < -0.39 is 0 Å². The summed E-state index contributed by atoms with van der Waals surface area (Å²) in [6, 6.07) is 5.07. The molecule has 0 amide bonds. The van der Waals surface area contributed by atoms with E-state index in [4.69, 9.17) is 16.3 Å². The number of benzene rings is 1. The van der Waals surface area contributed by atoms with E-state index in [9.17, 15) is 4.79 Å². The van der Waals surface area contributed by atoms with Gasteiger partial charge in [0.05, 0.1) is 17.9 Å². The number of carbonyl (C=O) groups excluding carboxylic acids is 1. The van der Waals surface area contributed by atoms with Gasteiger partial charge in [-0.1, -0.05) is 23.4 Å². The maximum atomic E-state index is 12.4. The second kappa shape index (κ2) is 7.09. The third kappa shape index (κ3) is 3.27. The maximum absolute atomic E-state index is 12.4. The van der Waals surface area contributed by atoms with Crippen molar-refractivity contribution in [3.8, 4) is 5.75 Å². The fraction of sp³-hybridized carbons (Fsp3) is 0.235. The van der Waals surface area contributed by atoms with Crippen molar-refractivity contribution in [1.29, 1.82) is 0 Å². The molecular weight excluding hydrogens is 364 g/mol. The van der Waals surface area contributed by atoms with Crippen LogP contribution in [0.5, 0.6) is 5.75 Å². The van der Waals surface area contributed by atoms with Gasteiger partial charge in [0.15, 0.2) is 5.78 Å². The molecule has 3 rings (SSSR count). The van der Waals surface area contributed by atoms with Crippen LogP contribution < -0.4 is 4.74 Å². The number of rotatable bonds is 5. The Labute approximate surface area is 153 Å². The predicted octanol–water partition coefficient (Wildman–Crippen LogP) is 4.95. The van der Waals surface area contributed by atoms with Gasteiger partial charge in [0, 0.05) is 15.8 Å². The second-order valence-electron chi connectivity index (χ2n) is 5.20. The molecule has 124 valence electrons. The van der Waals surface area contributed by atoms with Gasteiger partial charge in [-0.3, -0.25) is 4.79 Å². The van der Waals surface area contributed by atoms with Crippen molar-refractivity contribution in [2.24, 2.45) is 0 Å². The molecule has 0 saturated carbocycles. The first-order valence-corrected chi connectivity index (χ1v) is 9.39. The molecule has 1 aromatic carbocycles. The van der Waals surface area contributed by atoms with E-state index in [0.29, 0.717) is 22.1 Å². The highest BCUT2D eigenvalue weighted by atomic mass is 35.5. The molecule has 2 heterocycles. The average Bonchev–Trinajstić information content (AvgIpc) is 2.87. The number of ether oxygens (including phenoxy) is 1. The molecule has 0 aliphatic heterocycles. The minimum absolute atomic E-state index is 0.000852. The summed E-state index contributed by atoms with van der Waals surface area (Å²) < 4.78 is 5.11. The van der Waals surface area contributed by atoms with Crippen molar-refractivity contribution in [2.75, 3.05) is 12.9 Å². The van der Waals surface area contributed by atoms with Gasteiger partial charge < -0.3 is 4.74 Å². The molecule has 0 aliphatic rings. The zero-order chi connectivity index (χ0) is 17.3. The van der Waals surface area contributed by atoms with E-state index in [2.05, 4.69) is 23.8 Å². The number of ketones is 1. The number of carbonyl (C=O) groups is 1. The molecule has 0 radical (unpaired) electrons. The fourth-order valence-electron chi connectivity index (χ4n) is 2.32. The number of Topliss-reactive ketones (excluding diaryl/α,β-unsaturated/α-hetero) is 1. The van der Waals surface area contributed by atoms with Gasteiger partial charge >= 0.3 is 0 Å². The average molecular weight is 379 g/mol. The number of hydrogen-bond donors (Lipinski definition) is 0. The minimum atomic E-state index is 0.000852. The van der Waals surface area contributed by atoms with Gasteiger partial charge in [-0.25, -0.2) is 9.97 Å². The third-order valence-electron chi connectivity index (χ3n) is 3.74. The van der Waals surface area contributed by atoms with Gasteiger partial charge in [0.25, 0.3) is 0 Å². The van der Waals surface area contributed by atoms with E-state index in [1.807, 2.05) is 0 Å². The molecule has 2 aromatic heterocycles. The molecule has 0 spiro atoms. The summed E-state index contributed by atoms with van der Waals surface area (Å²) in [5.74, 6) is 0.854. The fourth-order valence-corrected chi connectivity index (χ4v) is 4.59. The van der Waals surface area contributed by atoms with Gasteiger partial charge in [0.1, 0.15) is 21.9 Å². The van der Waals surface area contributed by atoms with Crippen LogP contribution in [-0.4, -0.2) is 28.6 Å². The number of thiophene rings is 1. The van der Waals surface area contributed by atoms with Crippen LogP contribution in [-0.2, 0) is 0 Å². The van der Waals surface area contributed by atoms with Crippen molar-refractivity contribution in [3.63, 3.8) is 0 Å². The first-order chi connectivity index (χ1) is 11.5. The van der Waals surface area contributed by atoms with Gasteiger partial charge in [-0.2, -0.15) is 0 Å². The quantitative estimate of drug-likeness (QED) is 0.357. The highest BCUT2D eigenvalue weighted by Crippen LogP contribution is 2.34. The Morgan fingerprint density at radius 2 is 2.12 bits per heavy atom. The van der Waals surface area contributed by atoms with Gasteiger partial charge in [0.2, 0.25) is 0 Å². The van der Waals surface area contributed by atoms with Crippen molar-refractivity contribution in [1.82, 2.24) is 9.97 Å². The van der Waals surface area contributed by atoms with E-state index in [1.54, 1.807) is 43.0 Å². The lowest BCUT2D eigenvalue weighted by molar-refractivity contribution is 0.102. The standard InChI is InChI=1S/C17H15ClN2O2S2/c1-9-10(2)24-17-15(9)16(19-8-20-17)23-7-13(21)11-4-5-14(22-3)12(18)6-11/h4-6,8H,7H2,1-3H3. The number of halogens is 1. The smallest absolute Gasteiger partial charge is 0.173 e. The Morgan fingerprint density at radius 1 is 1.33 bits per heavy atom. The summed E-state index contributed by atoms with van der Waals surface area (Å²) in [5, 5.41) is 2.32. The van der Waals surface area contributed by atoms with Crippen LogP contribution in [0.4, 0.5) is 0 Å². The number of hydrogen-bond acceptors (Lipinski definition) is 6. The lowest BCUT2D eigenvalue weighted by Crippen LogP contribution is -2.03. The zero-order valence-corrected chi connectivity index (χ0v) is 15.8. The minimum Gasteiger partial charge on any atom is -0.495 e. The Kier molecular flexibility index (Phi) is 5.08. The first-order valence-electron chi connectivity index (χ1n) is 7.21. The lowest BCUT2D eigenvalue weighted by Gasteiger charge is -2.06. The number of nitrogens with zero attached hydrogens (tertiary/aromatic N) is 2. The number of thioether (sulfide) groups is 1. The summed E-state index contributed by atoms with van der Waals surface area (Å²) in [7, 11) is 1.55. The third-order valence-corrected chi connectivity index (χ3v) is 6.14. The van der Waals surface area contributed by atoms with E-state index in [0.717, 1.165) is 15.2 Å². The molecule has 4 nitrogen and oxygen atoms in total. The molecule has 3 aromatic rings. The topological polar surface area (TPSA) is 52.1 Å². The van der Waals surface area contributed by atoms with Crippen molar-refractivity contribution >= 4 is 50.7 Å². The second-order valence-corrected chi connectivity index (χ2v) is 7.78. The molecule has 0 aliphatic carbocycles. The summed E-state index contributed by atoms with van der Waals surface area (Å²) in [4.78, 5) is 23.3. The monoisotopic (exact) mass is 378 g/mol. The van der Waals surface area contributed by atoms with Crippen LogP contribution in [0.15, 0.2) is 29.6 Å². The van der Waals surface area contributed by atoms with E-state index in [1.165, 1.54) is 22.2 Å². The Morgan fingerprint density at radius 3 is 2.83 bits per heavy atom. The molecule has 0 saturated heterocycles. The highest BCUT2D eigenvalue weighted by Gasteiger charge is 2.15. The Bertz CT molecular complexity index is 924. The molecule has 0 N–H and O–H groups in total. The van der Waals surface area contributed by atoms with Gasteiger partial charge in [-0.05, 0) is 37.6 Å². The van der Waals surface area contributed by atoms with E-state index >= 15 is 0 Å². The number of methoxy groups -OCH3 is 1. The number of aryl methyl sites for hydroxylation is 2. The molecule has 0 atom stereocenters. The Hall–Kier alpha value is -1.63. The highest BCUT2D eigenvalue weighted by molar-refractivity contribution is 8.00. The van der Waals surface area contributed by atoms with Gasteiger partial charge in [-0.15, -0.1) is 11.3 Å². The van der Waals surface area contributed by atoms with Crippen LogP contribution in [0, 0.1) is 13.8 Å². The molecule has 24 heavy (non-hydrogen) atoms. The number of aromatic nitrogens is 2. The molecule has 7 heteroatoms. The first kappa shape index (κ1) is 17.2. The lowest BCUT2D eigenvalue weighted by atomic mass is 10.1. The normalized spacial score (nSPS) is 11.0. The number of fused-ring (bicyclic) bond motifs is 1. The van der Waals surface area contributed by atoms with Crippen molar-refractivity contribution in [2.45, 2.75) is 18.9 Å². The van der Waals surface area contributed by atoms with Crippen LogP contribution in [0.25, 0.3) is 10.2 Å². The molecule has 0 unspecified atom stereocenters. The molecule has 0 fully saturated rings. The zero-order valence-electron chi connectivity index (χ0n) is 13.4. The maximum Gasteiger partial charge on any atom is 0.173 e. The van der Waals surface area contributed by atoms with Crippen LogP contribution >= 0.6 is 34.7 Å². The molecular formula is C17H15ClN2O2S2. The Balaban J connectivity index is 1.81. The van der Waals surface area contributed by atoms with Crippen LogP contribution in [0.1, 0.15) is 20.8 Å². The summed E-state index contributed by atoms with van der Waals surface area (Å²) >= 11 is 9.17. The SMILES string of the molecule is COc1ccc(C(=O)CSc2ncnc3sc(C)c(C)c23)cc1Cl. The van der Waals surface area contributed by atoms with Crippen molar-refractivity contribution < 1.29 is 9.53 Å².